The standard InChI is InChI=1S/C16H26N4O3S/c1-3-4-7-17-16(22)20(9-13-6-5-8-23-13)10-14(21)19-15-18-12(2)11-24-15/h11,13H,3-10H2,1-2H3,(H,17,22)(H,18,19,21). The van der Waals surface area contributed by atoms with Gasteiger partial charge in [-0.2, -0.15) is 0 Å². The average Bonchev–Trinajstić information content (AvgIpc) is 3.18. The van der Waals surface area contributed by atoms with Crippen LogP contribution in [0.25, 0.3) is 0 Å². The molecule has 7 nitrogen and oxygen atoms in total. The molecule has 2 heterocycles. The van der Waals surface area contributed by atoms with Gasteiger partial charge in [0.1, 0.15) is 6.54 Å². The molecule has 1 atom stereocenters. The highest BCUT2D eigenvalue weighted by Gasteiger charge is 2.24. The Hall–Kier alpha value is -1.67. The summed E-state index contributed by atoms with van der Waals surface area (Å²) >= 11 is 1.38. The Labute approximate surface area is 146 Å². The first-order chi connectivity index (χ1) is 11.6. The van der Waals surface area contributed by atoms with E-state index in [-0.39, 0.29) is 24.6 Å². The van der Waals surface area contributed by atoms with Crippen LogP contribution < -0.4 is 10.6 Å². The predicted octanol–water partition coefficient (Wildman–Crippen LogP) is 2.38. The van der Waals surface area contributed by atoms with Gasteiger partial charge in [-0.1, -0.05) is 13.3 Å². The van der Waals surface area contributed by atoms with E-state index < -0.39 is 0 Å². The minimum Gasteiger partial charge on any atom is -0.376 e. The number of ether oxygens (including phenoxy) is 1. The number of amides is 3. The minimum atomic E-state index is -0.243. The van der Waals surface area contributed by atoms with Crippen LogP contribution in [0.4, 0.5) is 9.93 Å². The molecule has 134 valence electrons. The van der Waals surface area contributed by atoms with Crippen molar-refractivity contribution in [1.82, 2.24) is 15.2 Å². The molecule has 2 N–H and O–H groups in total. The number of nitrogens with one attached hydrogen (secondary N) is 2. The summed E-state index contributed by atoms with van der Waals surface area (Å²) in [5, 5.41) is 8.04. The highest BCUT2D eigenvalue weighted by Crippen LogP contribution is 2.15. The third-order valence-corrected chi connectivity index (χ3v) is 4.62. The zero-order valence-electron chi connectivity index (χ0n) is 14.3. The van der Waals surface area contributed by atoms with Crippen molar-refractivity contribution in [3.05, 3.63) is 11.1 Å². The Morgan fingerprint density at radius 3 is 2.96 bits per heavy atom. The van der Waals surface area contributed by atoms with Crippen LogP contribution in [0.2, 0.25) is 0 Å². The molecule has 1 saturated heterocycles. The number of unbranched alkanes of at least 4 members (excludes halogenated alkanes) is 1. The zero-order valence-corrected chi connectivity index (χ0v) is 15.2. The Morgan fingerprint density at radius 1 is 1.50 bits per heavy atom. The van der Waals surface area contributed by atoms with Crippen LogP contribution in [-0.2, 0) is 9.53 Å². The molecule has 1 aromatic rings. The number of carbonyl (C=O) groups is 2. The molecule has 24 heavy (non-hydrogen) atoms. The van der Waals surface area contributed by atoms with E-state index in [1.165, 1.54) is 16.2 Å². The number of aromatic nitrogens is 1. The van der Waals surface area contributed by atoms with Crippen molar-refractivity contribution in [3.8, 4) is 0 Å². The third kappa shape index (κ3) is 6.09. The third-order valence-electron chi connectivity index (χ3n) is 3.74. The van der Waals surface area contributed by atoms with Crippen molar-refractivity contribution < 1.29 is 14.3 Å². The molecule has 0 spiro atoms. The zero-order chi connectivity index (χ0) is 17.4. The fraction of sp³-hybridized carbons (Fsp3) is 0.688. The molecule has 1 aliphatic rings. The topological polar surface area (TPSA) is 83.6 Å². The lowest BCUT2D eigenvalue weighted by Gasteiger charge is -2.25. The van der Waals surface area contributed by atoms with Gasteiger partial charge in [0.2, 0.25) is 5.91 Å². The quantitative estimate of drug-likeness (QED) is 0.702. The van der Waals surface area contributed by atoms with Crippen molar-refractivity contribution in [2.75, 3.05) is 31.6 Å². The van der Waals surface area contributed by atoms with Gasteiger partial charge in [0.25, 0.3) is 0 Å². The lowest BCUT2D eigenvalue weighted by atomic mass is 10.2. The summed E-state index contributed by atoms with van der Waals surface area (Å²) in [4.78, 5) is 30.3. The van der Waals surface area contributed by atoms with Crippen LogP contribution in [0.1, 0.15) is 38.3 Å². The summed E-state index contributed by atoms with van der Waals surface area (Å²) in [5.41, 5.74) is 0.865. The molecule has 0 bridgehead atoms. The molecule has 0 aliphatic carbocycles. The smallest absolute Gasteiger partial charge is 0.317 e. The van der Waals surface area contributed by atoms with Gasteiger partial charge in [0.05, 0.1) is 11.8 Å². The van der Waals surface area contributed by atoms with E-state index in [1.807, 2.05) is 12.3 Å². The number of hydrogen-bond donors (Lipinski definition) is 2. The van der Waals surface area contributed by atoms with Gasteiger partial charge in [-0.05, 0) is 26.2 Å². The fourth-order valence-corrected chi connectivity index (χ4v) is 3.19. The largest absolute Gasteiger partial charge is 0.376 e. The highest BCUT2D eigenvalue weighted by molar-refractivity contribution is 7.13. The second-order valence-electron chi connectivity index (χ2n) is 5.94. The SMILES string of the molecule is CCCCNC(=O)N(CC(=O)Nc1nc(C)cs1)CC1CCCO1. The molecule has 3 amide bonds. The summed E-state index contributed by atoms with van der Waals surface area (Å²) in [5.74, 6) is -0.243. The maximum atomic E-state index is 12.4. The van der Waals surface area contributed by atoms with Gasteiger partial charge < -0.3 is 20.3 Å². The average molecular weight is 354 g/mol. The van der Waals surface area contributed by atoms with Crippen molar-refractivity contribution in [3.63, 3.8) is 0 Å². The lowest BCUT2D eigenvalue weighted by Crippen LogP contribution is -2.47. The molecule has 1 fully saturated rings. The molecular formula is C16H26N4O3S. The first-order valence-corrected chi connectivity index (χ1v) is 9.32. The van der Waals surface area contributed by atoms with E-state index in [0.717, 1.165) is 38.0 Å². The molecule has 0 aromatic carbocycles. The number of carbonyl (C=O) groups excluding carboxylic acids is 2. The number of urea groups is 1. The van der Waals surface area contributed by atoms with Gasteiger partial charge in [-0.25, -0.2) is 9.78 Å². The molecule has 1 unspecified atom stereocenters. The van der Waals surface area contributed by atoms with E-state index in [9.17, 15) is 9.59 Å². The van der Waals surface area contributed by atoms with E-state index in [1.54, 1.807) is 0 Å². The Kier molecular flexibility index (Phi) is 7.45. The normalized spacial score (nSPS) is 16.8. The fourth-order valence-electron chi connectivity index (χ4n) is 2.48. The van der Waals surface area contributed by atoms with Crippen LogP contribution in [0.15, 0.2) is 5.38 Å². The summed E-state index contributed by atoms with van der Waals surface area (Å²) in [6, 6.07) is -0.218. The second kappa shape index (κ2) is 9.58. The maximum absolute atomic E-state index is 12.4. The Balaban J connectivity index is 1.90. The highest BCUT2D eigenvalue weighted by atomic mass is 32.1. The van der Waals surface area contributed by atoms with Crippen molar-refractivity contribution in [2.45, 2.75) is 45.6 Å². The van der Waals surface area contributed by atoms with E-state index in [2.05, 4.69) is 22.5 Å². The van der Waals surface area contributed by atoms with Gasteiger partial charge >= 0.3 is 6.03 Å². The van der Waals surface area contributed by atoms with Crippen molar-refractivity contribution in [2.24, 2.45) is 0 Å². The molecule has 1 aliphatic heterocycles. The molecule has 1 aromatic heterocycles. The van der Waals surface area contributed by atoms with Gasteiger partial charge in [0, 0.05) is 25.1 Å². The van der Waals surface area contributed by atoms with Gasteiger partial charge in [0.15, 0.2) is 5.13 Å². The van der Waals surface area contributed by atoms with E-state index in [4.69, 9.17) is 4.74 Å². The summed E-state index contributed by atoms with van der Waals surface area (Å²) in [7, 11) is 0. The van der Waals surface area contributed by atoms with Gasteiger partial charge in [-0.3, -0.25) is 4.79 Å². The molecule has 2 rings (SSSR count). The van der Waals surface area contributed by atoms with Crippen LogP contribution in [0.3, 0.4) is 0 Å². The molecule has 0 radical (unpaired) electrons. The van der Waals surface area contributed by atoms with Gasteiger partial charge in [-0.15, -0.1) is 11.3 Å². The van der Waals surface area contributed by atoms with Crippen molar-refractivity contribution >= 4 is 28.4 Å². The van der Waals surface area contributed by atoms with Crippen molar-refractivity contribution in [1.29, 1.82) is 0 Å². The number of anilines is 1. The van der Waals surface area contributed by atoms with E-state index >= 15 is 0 Å². The monoisotopic (exact) mass is 354 g/mol. The van der Waals surface area contributed by atoms with Crippen LogP contribution >= 0.6 is 11.3 Å². The number of hydrogen-bond acceptors (Lipinski definition) is 5. The van der Waals surface area contributed by atoms with Crippen LogP contribution in [0, 0.1) is 6.92 Å². The molecule has 0 saturated carbocycles. The number of nitrogens with zero attached hydrogens (tertiary/aromatic N) is 2. The van der Waals surface area contributed by atoms with E-state index in [0.29, 0.717) is 18.2 Å². The first kappa shape index (κ1) is 18.7. The maximum Gasteiger partial charge on any atom is 0.317 e. The predicted molar refractivity (Wildman–Crippen MR) is 94.3 cm³/mol. The lowest BCUT2D eigenvalue weighted by molar-refractivity contribution is -0.117. The number of aryl methyl sites for hydroxylation is 1. The molecule has 8 heteroatoms. The minimum absolute atomic E-state index is 0.00353. The second-order valence-corrected chi connectivity index (χ2v) is 6.80. The Morgan fingerprint density at radius 2 is 2.33 bits per heavy atom. The summed E-state index contributed by atoms with van der Waals surface area (Å²) in [6.45, 7) is 5.71. The number of thiazole rings is 1. The first-order valence-electron chi connectivity index (χ1n) is 8.45. The Bertz CT molecular complexity index is 543. The summed E-state index contributed by atoms with van der Waals surface area (Å²) < 4.78 is 5.60. The van der Waals surface area contributed by atoms with Crippen LogP contribution in [0.5, 0.6) is 0 Å². The number of rotatable bonds is 8. The summed E-state index contributed by atoms with van der Waals surface area (Å²) in [6.07, 6.45) is 3.86. The molecular weight excluding hydrogens is 328 g/mol. The van der Waals surface area contributed by atoms with Crippen LogP contribution in [-0.4, -0.2) is 54.2 Å².